The Kier molecular flexibility index (Phi) is 5.11. The number of nitrogens with zero attached hydrogens (tertiary/aromatic N) is 1. The first-order valence-corrected chi connectivity index (χ1v) is 6.10. The fourth-order valence-electron chi connectivity index (χ4n) is 1.22. The van der Waals surface area contributed by atoms with E-state index in [0.29, 0.717) is 25.1 Å². The van der Waals surface area contributed by atoms with Crippen LogP contribution in [0.3, 0.4) is 0 Å². The first kappa shape index (κ1) is 13.7. The Balaban J connectivity index is 2.26. The van der Waals surface area contributed by atoms with Gasteiger partial charge in [0, 0.05) is 43.9 Å². The van der Waals surface area contributed by atoms with Gasteiger partial charge in [-0.05, 0) is 6.07 Å². The highest BCUT2D eigenvalue weighted by molar-refractivity contribution is 7.10. The lowest BCUT2D eigenvalue weighted by atomic mass is 10.3. The molecule has 1 aromatic rings. The smallest absolute Gasteiger partial charge is 0.336 e. The Hall–Kier alpha value is -1.40. The van der Waals surface area contributed by atoms with Gasteiger partial charge in [-0.3, -0.25) is 4.79 Å². The molecule has 0 saturated heterocycles. The largest absolute Gasteiger partial charge is 0.478 e. The van der Waals surface area contributed by atoms with Crippen molar-refractivity contribution in [1.82, 2.24) is 10.2 Å². The highest BCUT2D eigenvalue weighted by atomic mass is 32.1. The molecule has 0 bridgehead atoms. The number of carbonyl (C=O) groups is 2. The fraction of sp³-hybridized carbons (Fsp3) is 0.455. The number of carboxylic acid groups (broad SMARTS) is 1. The summed E-state index contributed by atoms with van der Waals surface area (Å²) in [7, 11) is 3.45. The Morgan fingerprint density at radius 3 is 2.71 bits per heavy atom. The molecule has 17 heavy (non-hydrogen) atoms. The first-order valence-electron chi connectivity index (χ1n) is 5.22. The summed E-state index contributed by atoms with van der Waals surface area (Å²) in [6.45, 7) is 1.19. The summed E-state index contributed by atoms with van der Waals surface area (Å²) in [6, 6.07) is 1.65. The van der Waals surface area contributed by atoms with Crippen molar-refractivity contribution in [3.63, 3.8) is 0 Å². The molecule has 0 saturated carbocycles. The zero-order valence-corrected chi connectivity index (χ0v) is 10.7. The molecule has 0 spiro atoms. The predicted octanol–water partition coefficient (Wildman–Crippen LogP) is 1.01. The quantitative estimate of drug-likeness (QED) is 0.745. The third-order valence-corrected chi connectivity index (χ3v) is 3.15. The minimum Gasteiger partial charge on any atom is -0.478 e. The van der Waals surface area contributed by atoms with Gasteiger partial charge >= 0.3 is 5.97 Å². The minimum atomic E-state index is -0.907. The minimum absolute atomic E-state index is 0.0786. The van der Waals surface area contributed by atoms with Gasteiger partial charge < -0.3 is 15.3 Å². The van der Waals surface area contributed by atoms with Gasteiger partial charge in [-0.25, -0.2) is 4.79 Å². The van der Waals surface area contributed by atoms with Gasteiger partial charge in [0.2, 0.25) is 5.91 Å². The summed E-state index contributed by atoms with van der Waals surface area (Å²) < 4.78 is 0. The number of nitrogens with one attached hydrogen (secondary N) is 1. The van der Waals surface area contributed by atoms with Crippen LogP contribution in [0.1, 0.15) is 21.7 Å². The van der Waals surface area contributed by atoms with Crippen molar-refractivity contribution in [3.8, 4) is 0 Å². The standard InChI is InChI=1S/C11H16N2O3S/c1-13(2)10(14)3-4-12-6-9-5-8(7-17-9)11(15)16/h5,7,12H,3-4,6H2,1-2H3,(H,15,16). The second-order valence-electron chi connectivity index (χ2n) is 3.82. The molecule has 0 aromatic carbocycles. The highest BCUT2D eigenvalue weighted by Gasteiger charge is 2.06. The number of carbonyl (C=O) groups excluding carboxylic acids is 1. The zero-order chi connectivity index (χ0) is 12.8. The molecule has 1 amide bonds. The van der Waals surface area contributed by atoms with E-state index in [1.807, 2.05) is 0 Å². The van der Waals surface area contributed by atoms with E-state index in [1.165, 1.54) is 11.3 Å². The molecule has 0 aliphatic rings. The van der Waals surface area contributed by atoms with E-state index in [-0.39, 0.29) is 5.91 Å². The average molecular weight is 256 g/mol. The summed E-state index contributed by atoms with van der Waals surface area (Å²) in [4.78, 5) is 24.4. The van der Waals surface area contributed by atoms with E-state index >= 15 is 0 Å². The van der Waals surface area contributed by atoms with E-state index in [4.69, 9.17) is 5.11 Å². The van der Waals surface area contributed by atoms with E-state index in [0.717, 1.165) is 4.88 Å². The van der Waals surface area contributed by atoms with Gasteiger partial charge in [-0.2, -0.15) is 0 Å². The lowest BCUT2D eigenvalue weighted by molar-refractivity contribution is -0.128. The van der Waals surface area contributed by atoms with E-state index < -0.39 is 5.97 Å². The molecular weight excluding hydrogens is 240 g/mol. The van der Waals surface area contributed by atoms with Crippen molar-refractivity contribution in [1.29, 1.82) is 0 Å². The summed E-state index contributed by atoms with van der Waals surface area (Å²) >= 11 is 1.40. The number of hydrogen-bond donors (Lipinski definition) is 2. The summed E-state index contributed by atoms with van der Waals surface area (Å²) in [5.74, 6) is -0.829. The molecule has 5 nitrogen and oxygen atoms in total. The molecule has 0 fully saturated rings. The van der Waals surface area contributed by atoms with E-state index in [1.54, 1.807) is 30.4 Å². The van der Waals surface area contributed by atoms with Crippen LogP contribution in [0, 0.1) is 0 Å². The third-order valence-electron chi connectivity index (χ3n) is 2.21. The molecule has 1 aromatic heterocycles. The second-order valence-corrected chi connectivity index (χ2v) is 4.82. The van der Waals surface area contributed by atoms with Crippen molar-refractivity contribution in [2.24, 2.45) is 0 Å². The Morgan fingerprint density at radius 1 is 1.47 bits per heavy atom. The van der Waals surface area contributed by atoms with Crippen LogP contribution in [0.4, 0.5) is 0 Å². The number of rotatable bonds is 6. The van der Waals surface area contributed by atoms with Gasteiger partial charge in [0.25, 0.3) is 0 Å². The van der Waals surface area contributed by atoms with Gasteiger partial charge in [0.05, 0.1) is 5.56 Å². The monoisotopic (exact) mass is 256 g/mol. The highest BCUT2D eigenvalue weighted by Crippen LogP contribution is 2.14. The molecule has 0 radical (unpaired) electrons. The van der Waals surface area contributed by atoms with E-state index in [9.17, 15) is 9.59 Å². The van der Waals surface area contributed by atoms with Crippen LogP contribution in [-0.2, 0) is 11.3 Å². The molecule has 6 heteroatoms. The molecule has 2 N–H and O–H groups in total. The summed E-state index contributed by atoms with van der Waals surface area (Å²) in [5.41, 5.74) is 0.316. The lowest BCUT2D eigenvalue weighted by Crippen LogP contribution is -2.26. The van der Waals surface area contributed by atoms with Crippen molar-refractivity contribution in [2.45, 2.75) is 13.0 Å². The molecule has 0 atom stereocenters. The normalized spacial score (nSPS) is 10.2. The van der Waals surface area contributed by atoms with Crippen LogP contribution in [0.15, 0.2) is 11.4 Å². The van der Waals surface area contributed by atoms with Crippen LogP contribution in [0.2, 0.25) is 0 Å². The molecule has 0 unspecified atom stereocenters. The maximum atomic E-state index is 11.3. The SMILES string of the molecule is CN(C)C(=O)CCNCc1cc(C(=O)O)cs1. The van der Waals surface area contributed by atoms with Crippen LogP contribution in [0.25, 0.3) is 0 Å². The second kappa shape index (κ2) is 6.36. The molecular formula is C11H16N2O3S. The Bertz CT molecular complexity index is 401. The fourth-order valence-corrected chi connectivity index (χ4v) is 2.04. The van der Waals surface area contributed by atoms with E-state index in [2.05, 4.69) is 5.32 Å². The topological polar surface area (TPSA) is 69.6 Å². The first-order chi connectivity index (χ1) is 8.00. The zero-order valence-electron chi connectivity index (χ0n) is 9.90. The molecule has 0 aliphatic heterocycles. The Labute approximate surface area is 104 Å². The number of amides is 1. The number of thiophene rings is 1. The maximum absolute atomic E-state index is 11.3. The molecule has 1 heterocycles. The molecule has 1 rings (SSSR count). The van der Waals surface area contributed by atoms with Gasteiger partial charge in [-0.1, -0.05) is 0 Å². The van der Waals surface area contributed by atoms with Gasteiger partial charge in [0.1, 0.15) is 0 Å². The average Bonchev–Trinajstić information content (AvgIpc) is 2.72. The van der Waals surface area contributed by atoms with Crippen LogP contribution in [0.5, 0.6) is 0 Å². The number of carboxylic acids is 1. The van der Waals surface area contributed by atoms with Crippen molar-refractivity contribution in [3.05, 3.63) is 21.9 Å². The van der Waals surface area contributed by atoms with Gasteiger partial charge in [0.15, 0.2) is 0 Å². The van der Waals surface area contributed by atoms with Crippen molar-refractivity contribution in [2.75, 3.05) is 20.6 Å². The summed E-state index contributed by atoms with van der Waals surface area (Å²) in [5, 5.41) is 13.5. The van der Waals surface area contributed by atoms with Gasteiger partial charge in [-0.15, -0.1) is 11.3 Å². The van der Waals surface area contributed by atoms with Crippen molar-refractivity contribution < 1.29 is 14.7 Å². The number of aromatic carboxylic acids is 1. The van der Waals surface area contributed by atoms with Crippen LogP contribution in [-0.4, -0.2) is 42.5 Å². The molecule has 94 valence electrons. The van der Waals surface area contributed by atoms with Crippen LogP contribution < -0.4 is 5.32 Å². The lowest BCUT2D eigenvalue weighted by Gasteiger charge is -2.09. The third kappa shape index (κ3) is 4.54. The summed E-state index contributed by atoms with van der Waals surface area (Å²) in [6.07, 6.45) is 0.449. The predicted molar refractivity (Wildman–Crippen MR) is 66.3 cm³/mol. The van der Waals surface area contributed by atoms with Crippen LogP contribution >= 0.6 is 11.3 Å². The maximum Gasteiger partial charge on any atom is 0.336 e. The molecule has 0 aliphatic carbocycles. The number of hydrogen-bond acceptors (Lipinski definition) is 4. The van der Waals surface area contributed by atoms with Crippen molar-refractivity contribution >= 4 is 23.2 Å². The Morgan fingerprint density at radius 2 is 2.18 bits per heavy atom.